The van der Waals surface area contributed by atoms with E-state index in [9.17, 15) is 10.1 Å². The molecule has 0 aliphatic carbocycles. The lowest BCUT2D eigenvalue weighted by Crippen LogP contribution is -2.18. The van der Waals surface area contributed by atoms with Crippen molar-refractivity contribution in [3.8, 4) is 23.3 Å². The largest absolute Gasteiger partial charge is 0.490 e. The second-order valence-electron chi connectivity index (χ2n) is 8.17. The second kappa shape index (κ2) is 13.3. The van der Waals surface area contributed by atoms with Gasteiger partial charge in [-0.05, 0) is 54.4 Å². The summed E-state index contributed by atoms with van der Waals surface area (Å²) in [7, 11) is 0. The molecule has 0 saturated heterocycles. The summed E-state index contributed by atoms with van der Waals surface area (Å²) in [5.74, 6) is 1.18. The molecule has 0 aromatic heterocycles. The van der Waals surface area contributed by atoms with Crippen LogP contribution in [0.15, 0.2) is 102 Å². The standard InChI is InChI=1S/C31H27N3O4/c1-2-36-30-18-24(16-17-29(30)38-22-26-13-7-6-12-25(26)19-32)20-33-34-31(35)27-14-8-9-15-28(27)37-21-23-10-4-3-5-11-23/h3-18,20H,2,21-22H2,1H3,(H,34,35)/b33-20-. The minimum absolute atomic E-state index is 0.235. The van der Waals surface area contributed by atoms with Crippen LogP contribution in [0.1, 0.15) is 39.5 Å². The third-order valence-corrected chi connectivity index (χ3v) is 5.54. The van der Waals surface area contributed by atoms with Gasteiger partial charge in [0.05, 0.1) is 30.0 Å². The van der Waals surface area contributed by atoms with Gasteiger partial charge < -0.3 is 14.2 Å². The van der Waals surface area contributed by atoms with Crippen molar-refractivity contribution in [2.75, 3.05) is 6.61 Å². The predicted molar refractivity (Wildman–Crippen MR) is 145 cm³/mol. The highest BCUT2D eigenvalue weighted by Crippen LogP contribution is 2.29. The van der Waals surface area contributed by atoms with Crippen LogP contribution in [-0.2, 0) is 13.2 Å². The van der Waals surface area contributed by atoms with Crippen LogP contribution < -0.4 is 19.6 Å². The number of benzene rings is 4. The Labute approximate surface area is 221 Å². The van der Waals surface area contributed by atoms with E-state index in [0.29, 0.717) is 47.2 Å². The smallest absolute Gasteiger partial charge is 0.275 e. The molecule has 0 atom stereocenters. The molecule has 0 unspecified atom stereocenters. The molecule has 0 spiro atoms. The predicted octanol–water partition coefficient (Wildman–Crippen LogP) is 5.88. The van der Waals surface area contributed by atoms with E-state index in [1.807, 2.05) is 61.5 Å². The number of nitrogens with zero attached hydrogens (tertiary/aromatic N) is 2. The van der Waals surface area contributed by atoms with Crippen molar-refractivity contribution in [2.45, 2.75) is 20.1 Å². The average molecular weight is 506 g/mol. The number of hydrazone groups is 1. The summed E-state index contributed by atoms with van der Waals surface area (Å²) in [5.41, 5.74) is 6.02. The van der Waals surface area contributed by atoms with Crippen LogP contribution in [0.4, 0.5) is 0 Å². The molecule has 0 fully saturated rings. The number of nitrogens with one attached hydrogen (secondary N) is 1. The van der Waals surface area contributed by atoms with Crippen molar-refractivity contribution >= 4 is 12.1 Å². The third-order valence-electron chi connectivity index (χ3n) is 5.54. The lowest BCUT2D eigenvalue weighted by molar-refractivity contribution is 0.0950. The number of ether oxygens (including phenoxy) is 3. The summed E-state index contributed by atoms with van der Waals surface area (Å²) in [4.78, 5) is 12.8. The molecule has 0 aliphatic heterocycles. The summed E-state index contributed by atoms with van der Waals surface area (Å²) in [6.45, 7) is 2.92. The van der Waals surface area contributed by atoms with Crippen LogP contribution in [0.2, 0.25) is 0 Å². The van der Waals surface area contributed by atoms with Gasteiger partial charge in [-0.15, -0.1) is 0 Å². The molecule has 0 bridgehead atoms. The molecule has 1 amide bonds. The van der Waals surface area contributed by atoms with E-state index in [1.54, 1.807) is 42.5 Å². The monoisotopic (exact) mass is 505 g/mol. The molecule has 7 heteroatoms. The van der Waals surface area contributed by atoms with Gasteiger partial charge in [-0.25, -0.2) is 5.43 Å². The maximum absolute atomic E-state index is 12.8. The number of para-hydroxylation sites is 1. The first-order valence-electron chi connectivity index (χ1n) is 12.1. The van der Waals surface area contributed by atoms with E-state index in [1.165, 1.54) is 6.21 Å². The molecule has 190 valence electrons. The van der Waals surface area contributed by atoms with E-state index in [-0.39, 0.29) is 12.5 Å². The zero-order valence-electron chi connectivity index (χ0n) is 21.0. The molecular weight excluding hydrogens is 478 g/mol. The van der Waals surface area contributed by atoms with Gasteiger partial charge in [0, 0.05) is 5.56 Å². The summed E-state index contributed by atoms with van der Waals surface area (Å²) in [5, 5.41) is 13.4. The van der Waals surface area contributed by atoms with Gasteiger partial charge in [-0.2, -0.15) is 10.4 Å². The lowest BCUT2D eigenvalue weighted by atomic mass is 10.1. The van der Waals surface area contributed by atoms with E-state index in [2.05, 4.69) is 16.6 Å². The van der Waals surface area contributed by atoms with Crippen molar-refractivity contribution in [2.24, 2.45) is 5.10 Å². The number of rotatable bonds is 11. The third kappa shape index (κ3) is 6.99. The van der Waals surface area contributed by atoms with Crippen LogP contribution in [0.3, 0.4) is 0 Å². The van der Waals surface area contributed by atoms with Crippen LogP contribution in [0, 0.1) is 11.3 Å². The first-order valence-corrected chi connectivity index (χ1v) is 12.1. The van der Waals surface area contributed by atoms with E-state index in [4.69, 9.17) is 14.2 Å². The van der Waals surface area contributed by atoms with Gasteiger partial charge in [0.2, 0.25) is 0 Å². The molecule has 0 radical (unpaired) electrons. The SMILES string of the molecule is CCOc1cc(/C=N\NC(=O)c2ccccc2OCc2ccccc2)ccc1OCc1ccccc1C#N. The Bertz CT molecular complexity index is 1450. The molecule has 0 aliphatic rings. The molecule has 7 nitrogen and oxygen atoms in total. The van der Waals surface area contributed by atoms with Crippen LogP contribution in [0.25, 0.3) is 0 Å². The van der Waals surface area contributed by atoms with Gasteiger partial charge in [-0.3, -0.25) is 4.79 Å². The van der Waals surface area contributed by atoms with Gasteiger partial charge in [0.1, 0.15) is 19.0 Å². The van der Waals surface area contributed by atoms with Gasteiger partial charge >= 0.3 is 0 Å². The molecule has 0 saturated carbocycles. The Morgan fingerprint density at radius 2 is 1.58 bits per heavy atom. The molecule has 1 N–H and O–H groups in total. The number of carbonyl (C=O) groups excluding carboxylic acids is 1. The van der Waals surface area contributed by atoms with Crippen LogP contribution >= 0.6 is 0 Å². The zero-order chi connectivity index (χ0) is 26.6. The Kier molecular flexibility index (Phi) is 9.08. The Morgan fingerprint density at radius 1 is 0.842 bits per heavy atom. The molecule has 38 heavy (non-hydrogen) atoms. The Balaban J connectivity index is 1.40. The van der Waals surface area contributed by atoms with Crippen molar-refractivity contribution in [1.29, 1.82) is 5.26 Å². The minimum Gasteiger partial charge on any atom is -0.490 e. The Hall–Kier alpha value is -5.09. The normalized spacial score (nSPS) is 10.5. The fraction of sp³-hybridized carbons (Fsp3) is 0.129. The molecule has 4 aromatic carbocycles. The average Bonchev–Trinajstić information content (AvgIpc) is 2.96. The van der Waals surface area contributed by atoms with E-state index in [0.717, 1.165) is 11.1 Å². The summed E-state index contributed by atoms with van der Waals surface area (Å²) in [6, 6.07) is 31.6. The molecular formula is C31H27N3O4. The summed E-state index contributed by atoms with van der Waals surface area (Å²) >= 11 is 0. The fourth-order valence-corrected chi connectivity index (χ4v) is 3.64. The number of hydrogen-bond acceptors (Lipinski definition) is 6. The first kappa shape index (κ1) is 26.0. The van der Waals surface area contributed by atoms with Crippen molar-refractivity contribution in [1.82, 2.24) is 5.43 Å². The highest BCUT2D eigenvalue weighted by molar-refractivity contribution is 5.97. The van der Waals surface area contributed by atoms with Crippen molar-refractivity contribution < 1.29 is 19.0 Å². The summed E-state index contributed by atoms with van der Waals surface area (Å²) < 4.78 is 17.6. The van der Waals surface area contributed by atoms with Crippen LogP contribution in [0.5, 0.6) is 17.2 Å². The zero-order valence-corrected chi connectivity index (χ0v) is 21.0. The quantitative estimate of drug-likeness (QED) is 0.203. The fourth-order valence-electron chi connectivity index (χ4n) is 3.64. The first-order chi connectivity index (χ1) is 18.7. The van der Waals surface area contributed by atoms with Gasteiger partial charge in [0.15, 0.2) is 11.5 Å². The van der Waals surface area contributed by atoms with E-state index >= 15 is 0 Å². The summed E-state index contributed by atoms with van der Waals surface area (Å²) in [6.07, 6.45) is 1.53. The lowest BCUT2D eigenvalue weighted by Gasteiger charge is -2.13. The number of carbonyl (C=O) groups is 1. The Morgan fingerprint density at radius 3 is 2.39 bits per heavy atom. The highest BCUT2D eigenvalue weighted by Gasteiger charge is 2.12. The number of nitriles is 1. The van der Waals surface area contributed by atoms with Crippen molar-refractivity contribution in [3.05, 3.63) is 125 Å². The second-order valence-corrected chi connectivity index (χ2v) is 8.17. The van der Waals surface area contributed by atoms with Gasteiger partial charge in [0.25, 0.3) is 5.91 Å². The highest BCUT2D eigenvalue weighted by atomic mass is 16.5. The topological polar surface area (TPSA) is 92.9 Å². The maximum atomic E-state index is 12.8. The molecule has 0 heterocycles. The van der Waals surface area contributed by atoms with Crippen molar-refractivity contribution in [3.63, 3.8) is 0 Å². The van der Waals surface area contributed by atoms with E-state index < -0.39 is 0 Å². The van der Waals surface area contributed by atoms with Gasteiger partial charge in [-0.1, -0.05) is 60.7 Å². The number of amides is 1. The molecule has 4 aromatic rings. The van der Waals surface area contributed by atoms with Crippen LogP contribution in [-0.4, -0.2) is 18.7 Å². The minimum atomic E-state index is -0.383. The molecule has 4 rings (SSSR count). The number of hydrogen-bond donors (Lipinski definition) is 1. The maximum Gasteiger partial charge on any atom is 0.275 e.